The van der Waals surface area contributed by atoms with Crippen molar-refractivity contribution in [3.63, 3.8) is 0 Å². The number of aliphatic hydroxyl groups excluding tert-OH is 1. The predicted octanol–water partition coefficient (Wildman–Crippen LogP) is -0.650. The van der Waals surface area contributed by atoms with Crippen molar-refractivity contribution in [1.82, 2.24) is 16.0 Å². The number of carboxylic acids is 1. The SMILES string of the molecule is CC(N)C(=O)NC(Cc1ccccc1)C(=O)NC(Cc1ccccc1)C(=O)NC(CO)C(=O)O. The normalized spacial score (nSPS) is 14.2. The maximum absolute atomic E-state index is 13.2. The van der Waals surface area contributed by atoms with Gasteiger partial charge in [0.2, 0.25) is 17.7 Å². The average molecular weight is 471 g/mol. The number of nitrogens with two attached hydrogens (primary N) is 1. The third-order valence-electron chi connectivity index (χ3n) is 5.04. The molecular weight excluding hydrogens is 440 g/mol. The highest BCUT2D eigenvalue weighted by Gasteiger charge is 2.30. The van der Waals surface area contributed by atoms with Gasteiger partial charge in [0.15, 0.2) is 0 Å². The molecule has 0 aliphatic carbocycles. The van der Waals surface area contributed by atoms with E-state index >= 15 is 0 Å². The summed E-state index contributed by atoms with van der Waals surface area (Å²) < 4.78 is 0. The van der Waals surface area contributed by atoms with Gasteiger partial charge in [-0.15, -0.1) is 0 Å². The van der Waals surface area contributed by atoms with Gasteiger partial charge in [-0.05, 0) is 18.1 Å². The minimum absolute atomic E-state index is 0.0650. The number of hydrogen-bond donors (Lipinski definition) is 6. The Labute approximate surface area is 197 Å². The van der Waals surface area contributed by atoms with Crippen molar-refractivity contribution in [3.8, 4) is 0 Å². The van der Waals surface area contributed by atoms with E-state index in [1.54, 1.807) is 54.6 Å². The molecule has 182 valence electrons. The lowest BCUT2D eigenvalue weighted by atomic mass is 10.0. The highest BCUT2D eigenvalue weighted by molar-refractivity contribution is 5.94. The van der Waals surface area contributed by atoms with Gasteiger partial charge in [0.25, 0.3) is 0 Å². The van der Waals surface area contributed by atoms with Gasteiger partial charge in [0.1, 0.15) is 18.1 Å². The number of amides is 3. The summed E-state index contributed by atoms with van der Waals surface area (Å²) >= 11 is 0. The molecule has 4 atom stereocenters. The molecule has 34 heavy (non-hydrogen) atoms. The zero-order valence-electron chi connectivity index (χ0n) is 18.8. The summed E-state index contributed by atoms with van der Waals surface area (Å²) in [4.78, 5) is 49.5. The highest BCUT2D eigenvalue weighted by atomic mass is 16.4. The maximum atomic E-state index is 13.2. The molecule has 10 heteroatoms. The van der Waals surface area contributed by atoms with E-state index in [2.05, 4.69) is 16.0 Å². The van der Waals surface area contributed by atoms with E-state index in [0.717, 1.165) is 11.1 Å². The number of aliphatic hydroxyl groups is 1. The minimum atomic E-state index is -1.53. The molecule has 0 saturated carbocycles. The van der Waals surface area contributed by atoms with Crippen LogP contribution in [-0.2, 0) is 32.0 Å². The van der Waals surface area contributed by atoms with Crippen LogP contribution < -0.4 is 21.7 Å². The van der Waals surface area contributed by atoms with Crippen molar-refractivity contribution in [2.45, 2.75) is 43.9 Å². The third kappa shape index (κ3) is 8.30. The number of rotatable bonds is 12. The van der Waals surface area contributed by atoms with Crippen molar-refractivity contribution in [2.24, 2.45) is 5.73 Å². The molecule has 0 fully saturated rings. The molecule has 2 aromatic carbocycles. The zero-order valence-corrected chi connectivity index (χ0v) is 18.8. The Kier molecular flexibility index (Phi) is 10.2. The Hall–Kier alpha value is -3.76. The Balaban J connectivity index is 2.26. The Bertz CT molecular complexity index is 968. The Morgan fingerprint density at radius 1 is 0.735 bits per heavy atom. The van der Waals surface area contributed by atoms with Gasteiger partial charge in [-0.25, -0.2) is 4.79 Å². The second kappa shape index (κ2) is 13.1. The molecule has 0 heterocycles. The van der Waals surface area contributed by atoms with E-state index in [1.165, 1.54) is 6.92 Å². The fourth-order valence-corrected chi connectivity index (χ4v) is 3.15. The Morgan fingerprint density at radius 2 is 1.12 bits per heavy atom. The molecule has 7 N–H and O–H groups in total. The Morgan fingerprint density at radius 3 is 1.47 bits per heavy atom. The summed E-state index contributed by atoms with van der Waals surface area (Å²) in [6.45, 7) is 0.674. The van der Waals surface area contributed by atoms with Gasteiger partial charge >= 0.3 is 5.97 Å². The molecule has 4 unspecified atom stereocenters. The molecule has 0 spiro atoms. The topological polar surface area (TPSA) is 171 Å². The molecule has 0 saturated heterocycles. The number of nitrogens with one attached hydrogen (secondary N) is 3. The van der Waals surface area contributed by atoms with Gasteiger partial charge in [-0.3, -0.25) is 14.4 Å². The number of carbonyl (C=O) groups is 4. The fraction of sp³-hybridized carbons (Fsp3) is 0.333. The minimum Gasteiger partial charge on any atom is -0.480 e. The smallest absolute Gasteiger partial charge is 0.328 e. The van der Waals surface area contributed by atoms with E-state index in [-0.39, 0.29) is 12.8 Å². The lowest BCUT2D eigenvalue weighted by molar-refractivity contribution is -0.143. The van der Waals surface area contributed by atoms with Crippen molar-refractivity contribution < 1.29 is 29.4 Å². The zero-order chi connectivity index (χ0) is 25.1. The lowest BCUT2D eigenvalue weighted by Crippen LogP contribution is -2.58. The van der Waals surface area contributed by atoms with Crippen LogP contribution in [0.25, 0.3) is 0 Å². The summed E-state index contributed by atoms with van der Waals surface area (Å²) in [5, 5.41) is 25.9. The van der Waals surface area contributed by atoms with Gasteiger partial charge in [-0.2, -0.15) is 0 Å². The molecule has 0 radical (unpaired) electrons. The van der Waals surface area contributed by atoms with Crippen LogP contribution in [0.4, 0.5) is 0 Å². The predicted molar refractivity (Wildman–Crippen MR) is 124 cm³/mol. The lowest BCUT2D eigenvalue weighted by Gasteiger charge is -2.25. The van der Waals surface area contributed by atoms with Crippen molar-refractivity contribution in [3.05, 3.63) is 71.8 Å². The monoisotopic (exact) mass is 470 g/mol. The van der Waals surface area contributed by atoms with E-state index in [4.69, 9.17) is 10.8 Å². The number of hydrogen-bond acceptors (Lipinski definition) is 6. The second-order valence-electron chi connectivity index (χ2n) is 7.87. The van der Waals surface area contributed by atoms with Gasteiger partial charge in [0.05, 0.1) is 12.6 Å². The molecule has 10 nitrogen and oxygen atoms in total. The second-order valence-corrected chi connectivity index (χ2v) is 7.87. The van der Waals surface area contributed by atoms with Crippen LogP contribution >= 0.6 is 0 Å². The first-order valence-corrected chi connectivity index (χ1v) is 10.8. The average Bonchev–Trinajstić information content (AvgIpc) is 2.82. The quantitative estimate of drug-likeness (QED) is 0.239. The van der Waals surface area contributed by atoms with Gasteiger partial charge in [-0.1, -0.05) is 60.7 Å². The largest absolute Gasteiger partial charge is 0.480 e. The summed E-state index contributed by atoms with van der Waals surface area (Å²) in [6, 6.07) is 13.3. The van der Waals surface area contributed by atoms with E-state index in [9.17, 15) is 24.3 Å². The summed E-state index contributed by atoms with van der Waals surface area (Å²) in [7, 11) is 0. The van der Waals surface area contributed by atoms with Crippen LogP contribution in [0.1, 0.15) is 18.1 Å². The molecule has 2 rings (SSSR count). The summed E-state index contributed by atoms with van der Waals surface area (Å²) in [5.74, 6) is -3.36. The van der Waals surface area contributed by atoms with Gasteiger partial charge < -0.3 is 31.9 Å². The van der Waals surface area contributed by atoms with Crippen LogP contribution in [0.15, 0.2) is 60.7 Å². The molecule has 3 amide bonds. The van der Waals surface area contributed by atoms with Crippen molar-refractivity contribution >= 4 is 23.7 Å². The van der Waals surface area contributed by atoms with Crippen molar-refractivity contribution in [2.75, 3.05) is 6.61 Å². The van der Waals surface area contributed by atoms with E-state index in [0.29, 0.717) is 0 Å². The van der Waals surface area contributed by atoms with Crippen LogP contribution in [0.2, 0.25) is 0 Å². The van der Waals surface area contributed by atoms with Crippen LogP contribution in [0, 0.1) is 0 Å². The number of carboxylic acid groups (broad SMARTS) is 1. The first kappa shape index (κ1) is 26.5. The summed E-state index contributed by atoms with van der Waals surface area (Å²) in [6.07, 6.45) is 0.217. The van der Waals surface area contributed by atoms with Crippen LogP contribution in [-0.4, -0.2) is 64.7 Å². The van der Waals surface area contributed by atoms with E-state index < -0.39 is 54.5 Å². The third-order valence-corrected chi connectivity index (χ3v) is 5.04. The van der Waals surface area contributed by atoms with E-state index in [1.807, 2.05) is 6.07 Å². The molecule has 0 aliphatic rings. The maximum Gasteiger partial charge on any atom is 0.328 e. The molecule has 2 aromatic rings. The molecule has 0 bridgehead atoms. The fourth-order valence-electron chi connectivity index (χ4n) is 3.15. The van der Waals surface area contributed by atoms with Crippen LogP contribution in [0.3, 0.4) is 0 Å². The first-order chi connectivity index (χ1) is 16.2. The highest BCUT2D eigenvalue weighted by Crippen LogP contribution is 2.07. The molecular formula is C24H30N4O6. The van der Waals surface area contributed by atoms with Crippen LogP contribution in [0.5, 0.6) is 0 Å². The molecule has 0 aliphatic heterocycles. The standard InChI is InChI=1S/C24H30N4O6/c1-15(25)21(30)26-18(12-16-8-4-2-5-9-16)22(31)27-19(13-17-10-6-3-7-11-17)23(32)28-20(14-29)24(33)34/h2-11,15,18-20,29H,12-14,25H2,1H3,(H,26,30)(H,27,31)(H,28,32)(H,33,34). The number of aliphatic carboxylic acids is 1. The van der Waals surface area contributed by atoms with Gasteiger partial charge in [0, 0.05) is 12.8 Å². The molecule has 0 aromatic heterocycles. The number of benzene rings is 2. The summed E-state index contributed by atoms with van der Waals surface area (Å²) in [5.41, 5.74) is 7.14. The first-order valence-electron chi connectivity index (χ1n) is 10.8. The van der Waals surface area contributed by atoms with Crippen molar-refractivity contribution in [1.29, 1.82) is 0 Å². The number of carbonyl (C=O) groups excluding carboxylic acids is 3.